The highest BCUT2D eigenvalue weighted by Gasteiger charge is 2.49. The molecule has 30 heavy (non-hydrogen) atoms. The van der Waals surface area contributed by atoms with Crippen LogP contribution >= 0.6 is 22.7 Å². The lowest BCUT2D eigenvalue weighted by Crippen LogP contribution is -2.43. The minimum Gasteiger partial charge on any atom is -0.468 e. The van der Waals surface area contributed by atoms with E-state index in [-0.39, 0.29) is 11.7 Å². The summed E-state index contributed by atoms with van der Waals surface area (Å²) in [5, 5.41) is 9.02. The Morgan fingerprint density at radius 1 is 1.17 bits per heavy atom. The smallest absolute Gasteiger partial charge is 0.336 e. The monoisotopic (exact) mass is 443 g/mol. The molecule has 0 saturated heterocycles. The van der Waals surface area contributed by atoms with Crippen LogP contribution in [0.1, 0.15) is 35.6 Å². The number of hydrogen-bond acceptors (Lipinski definition) is 8. The summed E-state index contributed by atoms with van der Waals surface area (Å²) in [7, 11) is 2.62. The molecule has 2 aliphatic rings. The summed E-state index contributed by atoms with van der Waals surface area (Å²) in [4.78, 5) is 40.1. The van der Waals surface area contributed by atoms with Gasteiger partial charge >= 0.3 is 11.9 Å². The Bertz CT molecular complexity index is 1050. The first-order valence-corrected chi connectivity index (χ1v) is 11.3. The summed E-state index contributed by atoms with van der Waals surface area (Å²) in [5.74, 6) is -3.20. The van der Waals surface area contributed by atoms with Gasteiger partial charge in [-0.1, -0.05) is 6.07 Å². The number of carbonyl (C=O) groups is 3. The largest absolute Gasteiger partial charge is 0.468 e. The number of rotatable bonds is 4. The number of ether oxygens (including phenoxy) is 2. The zero-order valence-corrected chi connectivity index (χ0v) is 18.4. The molecule has 6 nitrogen and oxygen atoms in total. The zero-order valence-electron chi connectivity index (χ0n) is 16.8. The fraction of sp³-hybridized carbons (Fsp3) is 0.318. The van der Waals surface area contributed by atoms with Crippen molar-refractivity contribution in [3.8, 4) is 0 Å². The number of dihydropyridines is 1. The van der Waals surface area contributed by atoms with Gasteiger partial charge in [0.2, 0.25) is 0 Å². The van der Waals surface area contributed by atoms with E-state index in [1.807, 2.05) is 41.3 Å². The Labute approximate surface area is 182 Å². The number of thiophene rings is 2. The number of methoxy groups -OCH3 is 2. The molecule has 0 radical (unpaired) electrons. The van der Waals surface area contributed by atoms with Gasteiger partial charge in [0.15, 0.2) is 5.78 Å². The molecule has 0 spiro atoms. The van der Waals surface area contributed by atoms with E-state index < -0.39 is 23.8 Å². The van der Waals surface area contributed by atoms with Crippen LogP contribution in [0.5, 0.6) is 0 Å². The van der Waals surface area contributed by atoms with Crippen molar-refractivity contribution in [3.63, 3.8) is 0 Å². The van der Waals surface area contributed by atoms with Crippen LogP contribution in [-0.4, -0.2) is 31.9 Å². The number of carbonyl (C=O) groups excluding carboxylic acids is 3. The molecule has 4 rings (SSSR count). The molecule has 0 amide bonds. The van der Waals surface area contributed by atoms with Crippen molar-refractivity contribution in [2.24, 2.45) is 5.92 Å². The standard InChI is InChI=1S/C22H21NO5S2/c1-11-16(21(25)27-2)17(12-6-8-29-10-12)19-14(23-11)9-13(15-5-4-7-30-15)18(20(19)24)22(26)28-3/h4-8,10,13,17-18,23H,9H2,1-3H3/t13-,17-,18+/m1/s1. The number of nitrogens with one attached hydrogen (secondary N) is 1. The molecule has 0 aromatic carbocycles. The first-order chi connectivity index (χ1) is 14.5. The average molecular weight is 444 g/mol. The van der Waals surface area contributed by atoms with E-state index in [1.54, 1.807) is 0 Å². The lowest BCUT2D eigenvalue weighted by Gasteiger charge is -2.38. The Morgan fingerprint density at radius 3 is 2.57 bits per heavy atom. The number of esters is 2. The molecular weight excluding hydrogens is 422 g/mol. The van der Waals surface area contributed by atoms with E-state index in [4.69, 9.17) is 9.47 Å². The van der Waals surface area contributed by atoms with Crippen LogP contribution in [0, 0.1) is 5.92 Å². The van der Waals surface area contributed by atoms with Crippen molar-refractivity contribution >= 4 is 40.4 Å². The predicted octanol–water partition coefficient (Wildman–Crippen LogP) is 3.74. The second kappa shape index (κ2) is 8.20. The van der Waals surface area contributed by atoms with Gasteiger partial charge in [-0.15, -0.1) is 11.3 Å². The topological polar surface area (TPSA) is 81.7 Å². The lowest BCUT2D eigenvalue weighted by molar-refractivity contribution is -0.149. The molecule has 156 valence electrons. The number of allylic oxidation sites excluding steroid dienone is 3. The molecule has 0 unspecified atom stereocenters. The van der Waals surface area contributed by atoms with Crippen molar-refractivity contribution in [2.75, 3.05) is 14.2 Å². The predicted molar refractivity (Wildman–Crippen MR) is 114 cm³/mol. The lowest BCUT2D eigenvalue weighted by atomic mass is 9.68. The molecule has 2 aromatic rings. The van der Waals surface area contributed by atoms with Crippen LogP contribution in [0.15, 0.2) is 56.9 Å². The first kappa shape index (κ1) is 20.6. The second-order valence-corrected chi connectivity index (χ2v) is 8.99. The summed E-state index contributed by atoms with van der Waals surface area (Å²) in [6, 6.07) is 5.74. The molecule has 0 saturated carbocycles. The van der Waals surface area contributed by atoms with Gasteiger partial charge < -0.3 is 14.8 Å². The normalized spacial score (nSPS) is 23.7. The van der Waals surface area contributed by atoms with Crippen molar-refractivity contribution in [1.82, 2.24) is 5.32 Å². The van der Waals surface area contributed by atoms with E-state index in [0.717, 1.165) is 16.1 Å². The molecule has 3 atom stereocenters. The van der Waals surface area contributed by atoms with Crippen molar-refractivity contribution in [1.29, 1.82) is 0 Å². The van der Waals surface area contributed by atoms with Crippen LogP contribution in [0.3, 0.4) is 0 Å². The minimum atomic E-state index is -0.951. The van der Waals surface area contributed by atoms with Crippen molar-refractivity contribution in [3.05, 3.63) is 67.3 Å². The Kier molecular flexibility index (Phi) is 5.62. The molecule has 1 aliphatic heterocycles. The number of hydrogen-bond donors (Lipinski definition) is 1. The highest BCUT2D eigenvalue weighted by Crippen LogP contribution is 2.48. The highest BCUT2D eigenvalue weighted by atomic mass is 32.1. The summed E-state index contributed by atoms with van der Waals surface area (Å²) in [6.07, 6.45) is 0.480. The van der Waals surface area contributed by atoms with Gasteiger partial charge in [-0.05, 0) is 47.2 Å². The van der Waals surface area contributed by atoms with Gasteiger partial charge in [-0.25, -0.2) is 4.79 Å². The van der Waals surface area contributed by atoms with Gasteiger partial charge in [0.05, 0.1) is 19.8 Å². The van der Waals surface area contributed by atoms with Crippen molar-refractivity contribution in [2.45, 2.75) is 25.2 Å². The molecule has 2 aromatic heterocycles. The fourth-order valence-corrected chi connectivity index (χ4v) is 5.91. The SMILES string of the molecule is COC(=O)C1=C(C)NC2=C(C(=O)[C@@H](C(=O)OC)[C@@H](c3cccs3)C2)[C@@H]1c1ccsc1. The Hall–Kier alpha value is -2.71. The minimum absolute atomic E-state index is 0.306. The molecule has 3 heterocycles. The Balaban J connectivity index is 1.88. The van der Waals surface area contributed by atoms with Crippen molar-refractivity contribution < 1.29 is 23.9 Å². The van der Waals surface area contributed by atoms with Gasteiger partial charge in [0, 0.05) is 33.7 Å². The van der Waals surface area contributed by atoms with E-state index in [1.165, 1.54) is 36.9 Å². The maximum atomic E-state index is 13.8. The third kappa shape index (κ3) is 3.30. The van der Waals surface area contributed by atoms with Gasteiger partial charge in [-0.3, -0.25) is 9.59 Å². The summed E-state index contributed by atoms with van der Waals surface area (Å²) < 4.78 is 10.0. The summed E-state index contributed by atoms with van der Waals surface area (Å²) in [6.45, 7) is 1.81. The molecule has 1 aliphatic carbocycles. The maximum absolute atomic E-state index is 13.8. The Morgan fingerprint density at radius 2 is 1.97 bits per heavy atom. The summed E-state index contributed by atoms with van der Waals surface area (Å²) in [5.41, 5.74) is 3.08. The van der Waals surface area contributed by atoms with Crippen LogP contribution in [0.25, 0.3) is 0 Å². The van der Waals surface area contributed by atoms with Crippen LogP contribution in [0.2, 0.25) is 0 Å². The summed E-state index contributed by atoms with van der Waals surface area (Å²) >= 11 is 3.00. The third-order valence-corrected chi connectivity index (χ3v) is 7.37. The molecule has 8 heteroatoms. The van der Waals surface area contributed by atoms with Crippen LogP contribution in [-0.2, 0) is 23.9 Å². The van der Waals surface area contributed by atoms with Gasteiger partial charge in [0.1, 0.15) is 5.92 Å². The molecule has 0 bridgehead atoms. The molecule has 1 N–H and O–H groups in total. The highest BCUT2D eigenvalue weighted by molar-refractivity contribution is 7.10. The van der Waals surface area contributed by atoms with Crippen LogP contribution in [0.4, 0.5) is 0 Å². The first-order valence-electron chi connectivity index (χ1n) is 9.44. The molecular formula is C22H21NO5S2. The average Bonchev–Trinajstić information content (AvgIpc) is 3.45. The van der Waals surface area contributed by atoms with Crippen LogP contribution < -0.4 is 5.32 Å². The molecule has 0 fully saturated rings. The number of ketones is 1. The van der Waals surface area contributed by atoms with E-state index >= 15 is 0 Å². The third-order valence-electron chi connectivity index (χ3n) is 5.66. The zero-order chi connectivity index (χ0) is 21.4. The van der Waals surface area contributed by atoms with E-state index in [0.29, 0.717) is 23.3 Å². The van der Waals surface area contributed by atoms with E-state index in [2.05, 4.69) is 5.32 Å². The number of Topliss-reactive ketones (excluding diaryl/α,β-unsaturated/α-hetero) is 1. The fourth-order valence-electron chi connectivity index (χ4n) is 4.35. The second-order valence-electron chi connectivity index (χ2n) is 7.23. The van der Waals surface area contributed by atoms with Gasteiger partial charge in [-0.2, -0.15) is 11.3 Å². The van der Waals surface area contributed by atoms with E-state index in [9.17, 15) is 14.4 Å². The maximum Gasteiger partial charge on any atom is 0.336 e. The quantitative estimate of drug-likeness (QED) is 0.573. The van der Waals surface area contributed by atoms with Gasteiger partial charge in [0.25, 0.3) is 0 Å².